The van der Waals surface area contributed by atoms with Crippen molar-refractivity contribution in [3.05, 3.63) is 49.1 Å². The van der Waals surface area contributed by atoms with Crippen molar-refractivity contribution in [3.63, 3.8) is 0 Å². The van der Waals surface area contributed by atoms with Gasteiger partial charge in [-0.3, -0.25) is 0 Å². The Morgan fingerprint density at radius 3 is 1.18 bits per heavy atom. The minimum atomic E-state index is -3.58. The van der Waals surface area contributed by atoms with Crippen molar-refractivity contribution in [3.8, 4) is 0 Å². The number of rotatable bonds is 25. The number of allylic oxidation sites excluding steroid dienone is 2. The summed E-state index contributed by atoms with van der Waals surface area (Å²) in [5.74, 6) is 0.196. The van der Waals surface area contributed by atoms with Crippen molar-refractivity contribution < 1.29 is 8.42 Å². The molecule has 0 fully saturated rings. The summed E-state index contributed by atoms with van der Waals surface area (Å²) in [5.41, 5.74) is 0. The summed E-state index contributed by atoms with van der Waals surface area (Å²) < 4.78 is 45.8. The molecule has 0 aliphatic carbocycles. The summed E-state index contributed by atoms with van der Waals surface area (Å²) >= 11 is -6.22. The fourth-order valence-corrected chi connectivity index (χ4v) is 68.9. The summed E-state index contributed by atoms with van der Waals surface area (Å²) in [6.45, 7) is 16.2. The molecule has 0 radical (unpaired) electrons. The van der Waals surface area contributed by atoms with Crippen molar-refractivity contribution in [2.24, 2.45) is 4.15 Å². The number of benzene rings is 1. The van der Waals surface area contributed by atoms with Gasteiger partial charge in [0, 0.05) is 0 Å². The van der Waals surface area contributed by atoms with E-state index in [0.29, 0.717) is 6.42 Å². The standard InChI is InChI=1S/C14H16NO2PS.6C4H9.2Sn/c1-2-3-13-19(16,17)15-18(11-7-8-12-18)14-9-5-4-6-10-14;6*1-3-4-2;;/h4-10H,2-3,13H2,1H3;6*1,3-4H2,2H3;;. The van der Waals surface area contributed by atoms with Gasteiger partial charge in [-0.05, 0) is 0 Å². The van der Waals surface area contributed by atoms with E-state index in [-0.39, 0.29) is 5.75 Å². The van der Waals surface area contributed by atoms with Crippen LogP contribution in [0.15, 0.2) is 53.3 Å². The zero-order valence-corrected chi connectivity index (χ0v) is 37.9. The third-order valence-corrected chi connectivity index (χ3v) is 57.4. The van der Waals surface area contributed by atoms with Gasteiger partial charge in [0.05, 0.1) is 0 Å². The minimum absolute atomic E-state index is 0.196. The Hall–Kier alpha value is 0.477. The maximum atomic E-state index is 14.4. The first-order valence-electron chi connectivity index (χ1n) is 19.1. The van der Waals surface area contributed by atoms with Crippen LogP contribution in [0.2, 0.25) is 26.6 Å². The van der Waals surface area contributed by atoms with Crippen LogP contribution in [0.25, 0.3) is 0 Å². The molecule has 45 heavy (non-hydrogen) atoms. The molecule has 0 atom stereocenters. The maximum absolute atomic E-state index is 14.4. The van der Waals surface area contributed by atoms with E-state index in [2.05, 4.69) is 91.0 Å². The second kappa shape index (κ2) is 21.5. The first-order chi connectivity index (χ1) is 21.7. The van der Waals surface area contributed by atoms with Gasteiger partial charge in [0.25, 0.3) is 0 Å². The Morgan fingerprint density at radius 2 is 0.867 bits per heavy atom. The molecule has 3 nitrogen and oxygen atoms in total. The molecule has 0 spiro atoms. The van der Waals surface area contributed by atoms with Gasteiger partial charge < -0.3 is 0 Å². The molecule has 1 aromatic carbocycles. The molecule has 1 aliphatic rings. The van der Waals surface area contributed by atoms with Crippen LogP contribution in [-0.2, 0) is 10.0 Å². The van der Waals surface area contributed by atoms with Gasteiger partial charge >= 0.3 is 292 Å². The van der Waals surface area contributed by atoms with E-state index < -0.39 is 53.8 Å². The zero-order valence-electron chi connectivity index (χ0n) is 30.5. The van der Waals surface area contributed by atoms with Crippen molar-refractivity contribution in [1.82, 2.24) is 0 Å². The van der Waals surface area contributed by atoms with Crippen LogP contribution in [-0.4, -0.2) is 50.9 Å². The number of nitrogens with zero attached hydrogens (tertiary/aromatic N) is 1. The molecule has 2 rings (SSSR count). The van der Waals surface area contributed by atoms with Crippen molar-refractivity contribution in [2.45, 2.75) is 165 Å². The number of unbranched alkanes of at least 4 members (excludes halogenated alkanes) is 7. The molecule has 7 heteroatoms. The Bertz CT molecular complexity index is 1110. The first kappa shape index (κ1) is 41.6. The van der Waals surface area contributed by atoms with Crippen LogP contribution in [0.5, 0.6) is 0 Å². The van der Waals surface area contributed by atoms with Crippen LogP contribution < -0.4 is 5.30 Å². The molecule has 0 unspecified atom stereocenters. The van der Waals surface area contributed by atoms with Gasteiger partial charge in [0.15, 0.2) is 0 Å². The molecule has 0 amide bonds. The number of hydrogen-bond acceptors (Lipinski definition) is 2. The quantitative estimate of drug-likeness (QED) is 0.0726. The molecule has 0 saturated carbocycles. The summed E-state index contributed by atoms with van der Waals surface area (Å²) in [4.78, 5) is 0. The second-order valence-corrected chi connectivity index (χ2v) is 47.6. The van der Waals surface area contributed by atoms with Gasteiger partial charge in [-0.15, -0.1) is 0 Å². The predicted molar refractivity (Wildman–Crippen MR) is 210 cm³/mol. The van der Waals surface area contributed by atoms with Crippen molar-refractivity contribution >= 4 is 59.1 Å². The molecule has 258 valence electrons. The van der Waals surface area contributed by atoms with Gasteiger partial charge in [0.2, 0.25) is 0 Å². The fraction of sp³-hybridized carbons (Fsp3) is 0.737. The molecule has 1 aliphatic heterocycles. The Kier molecular flexibility index (Phi) is 19.9. The molecule has 0 saturated heterocycles. The third-order valence-electron chi connectivity index (χ3n) is 10.4. The Balaban J connectivity index is 3.17. The summed E-state index contributed by atoms with van der Waals surface area (Å²) in [5, 5.41) is 1.27. The summed E-state index contributed by atoms with van der Waals surface area (Å²) in [6, 6.07) is 11.1. The van der Waals surface area contributed by atoms with Gasteiger partial charge in [-0.1, -0.05) is 0 Å². The molecule has 0 N–H and O–H groups in total. The fourth-order valence-electron chi connectivity index (χ4n) is 7.76. The van der Waals surface area contributed by atoms with E-state index in [1.54, 1.807) is 6.66 Å². The molecule has 1 heterocycles. The summed E-state index contributed by atoms with van der Waals surface area (Å²) in [6.07, 6.45) is 21.8. The second-order valence-electron chi connectivity index (χ2n) is 14.0. The number of hydrogen-bond donors (Lipinski definition) is 0. The van der Waals surface area contributed by atoms with Crippen LogP contribution >= 0.6 is 7.05 Å². The zero-order chi connectivity index (χ0) is 33.2. The molecule has 1 aromatic rings. The van der Waals surface area contributed by atoms with Gasteiger partial charge in [0.1, 0.15) is 0 Å². The van der Waals surface area contributed by atoms with Gasteiger partial charge in [-0.25, -0.2) is 0 Å². The van der Waals surface area contributed by atoms with E-state index >= 15 is 0 Å². The predicted octanol–water partition coefficient (Wildman–Crippen LogP) is 13.2. The van der Waals surface area contributed by atoms with E-state index in [0.717, 1.165) is 6.42 Å². The van der Waals surface area contributed by atoms with Crippen molar-refractivity contribution in [1.29, 1.82) is 0 Å². The van der Waals surface area contributed by atoms with E-state index in [1.165, 1.54) is 109 Å². The monoisotopic (exact) mass is 875 g/mol. The van der Waals surface area contributed by atoms with Gasteiger partial charge in [-0.2, -0.15) is 0 Å². The Morgan fingerprint density at radius 1 is 0.533 bits per heavy atom. The van der Waals surface area contributed by atoms with Crippen LogP contribution in [0.4, 0.5) is 0 Å². The first-order valence-corrected chi connectivity index (χ1v) is 37.4. The average molecular weight is 873 g/mol. The average Bonchev–Trinajstić information content (AvgIpc) is 3.44. The molecular formula is C38H70NO2PSSn2. The Labute approximate surface area is 289 Å². The van der Waals surface area contributed by atoms with Crippen molar-refractivity contribution in [2.75, 3.05) is 5.75 Å². The molecule has 0 bridgehead atoms. The topological polar surface area (TPSA) is 46.5 Å². The van der Waals surface area contributed by atoms with Crippen LogP contribution in [0, 0.1) is 0 Å². The van der Waals surface area contributed by atoms with E-state index in [4.69, 9.17) is 4.15 Å². The normalized spacial score (nSPS) is 15.3. The van der Waals surface area contributed by atoms with Crippen LogP contribution in [0.1, 0.15) is 138 Å². The third kappa shape index (κ3) is 11.2. The van der Waals surface area contributed by atoms with Crippen LogP contribution in [0.3, 0.4) is 0 Å². The molecule has 0 aromatic heterocycles. The molecular weight excluding hydrogens is 803 g/mol. The number of sulfonamides is 1. The van der Waals surface area contributed by atoms with E-state index in [9.17, 15) is 8.42 Å². The van der Waals surface area contributed by atoms with E-state index in [1.807, 2.05) is 0 Å². The summed E-state index contributed by atoms with van der Waals surface area (Å²) in [7, 11) is -6.20. The SMILES string of the molecule is CCCCS(=O)(=O)N=P1(c2ccccc2)[C]([Sn]([CH2]CCC)([CH2]CCC)[CH2]CCC)=CC=[C]1[Sn]([CH2]CCC)([CH2]CCC)[CH2]CCC.